The Kier molecular flexibility index (Phi) is 5.46. The van der Waals surface area contributed by atoms with E-state index in [4.69, 9.17) is 5.73 Å². The first-order valence-electron chi connectivity index (χ1n) is 7.22. The van der Waals surface area contributed by atoms with Crippen molar-refractivity contribution in [2.75, 3.05) is 6.54 Å². The third kappa shape index (κ3) is 3.61. The number of hydrogen-bond acceptors (Lipinski definition) is 3. The van der Waals surface area contributed by atoms with Crippen molar-refractivity contribution in [1.29, 1.82) is 0 Å². The van der Waals surface area contributed by atoms with E-state index in [0.29, 0.717) is 12.1 Å². The van der Waals surface area contributed by atoms with E-state index in [2.05, 4.69) is 4.72 Å². The summed E-state index contributed by atoms with van der Waals surface area (Å²) in [6, 6.07) is 0.757. The first kappa shape index (κ1) is 17.2. The molecule has 2 rings (SSSR count). The summed E-state index contributed by atoms with van der Waals surface area (Å²) in [7, 11) is -4.30. The second kappa shape index (κ2) is 6.97. The fourth-order valence-electron chi connectivity index (χ4n) is 2.85. The van der Waals surface area contributed by atoms with Crippen LogP contribution in [0.1, 0.15) is 32.1 Å². The highest BCUT2D eigenvalue weighted by Crippen LogP contribution is 2.27. The van der Waals surface area contributed by atoms with Gasteiger partial charge in [0.2, 0.25) is 10.0 Å². The Morgan fingerprint density at radius 1 is 1.14 bits per heavy atom. The van der Waals surface area contributed by atoms with Gasteiger partial charge in [0.1, 0.15) is 4.90 Å². The largest absolute Gasteiger partial charge is 0.329 e. The topological polar surface area (TPSA) is 72.2 Å². The SMILES string of the molecule is NCC(NS(=O)(=O)c1ccc(F)c(F)c1F)C1CCCCC1. The number of rotatable bonds is 5. The minimum absolute atomic E-state index is 0.0647. The molecule has 8 heteroatoms. The lowest BCUT2D eigenvalue weighted by Crippen LogP contribution is -2.46. The Hall–Kier alpha value is -1.12. The van der Waals surface area contributed by atoms with Crippen molar-refractivity contribution in [2.24, 2.45) is 11.7 Å². The van der Waals surface area contributed by atoms with Crippen molar-refractivity contribution in [3.8, 4) is 0 Å². The van der Waals surface area contributed by atoms with Crippen LogP contribution in [0.25, 0.3) is 0 Å². The van der Waals surface area contributed by atoms with Crippen LogP contribution in [0.15, 0.2) is 17.0 Å². The van der Waals surface area contributed by atoms with Gasteiger partial charge in [0.25, 0.3) is 0 Å². The van der Waals surface area contributed by atoms with Crippen LogP contribution in [0.5, 0.6) is 0 Å². The minimum Gasteiger partial charge on any atom is -0.329 e. The van der Waals surface area contributed by atoms with Crippen molar-refractivity contribution < 1.29 is 21.6 Å². The highest BCUT2D eigenvalue weighted by atomic mass is 32.2. The molecule has 0 aliphatic heterocycles. The lowest BCUT2D eigenvalue weighted by Gasteiger charge is -2.29. The molecule has 22 heavy (non-hydrogen) atoms. The zero-order valence-corrected chi connectivity index (χ0v) is 12.8. The molecule has 124 valence electrons. The molecule has 0 aromatic heterocycles. The Balaban J connectivity index is 2.24. The number of nitrogens with two attached hydrogens (primary N) is 1. The van der Waals surface area contributed by atoms with E-state index < -0.39 is 38.4 Å². The third-order valence-corrected chi connectivity index (χ3v) is 5.58. The summed E-state index contributed by atoms with van der Waals surface area (Å²) in [5.74, 6) is -4.88. The molecule has 0 spiro atoms. The maximum atomic E-state index is 13.7. The molecular weight excluding hydrogens is 317 g/mol. The summed E-state index contributed by atoms with van der Waals surface area (Å²) in [6.45, 7) is 0.0647. The predicted octanol–water partition coefficient (Wildman–Crippen LogP) is 2.29. The summed E-state index contributed by atoms with van der Waals surface area (Å²) in [6.07, 6.45) is 4.75. The fraction of sp³-hybridized carbons (Fsp3) is 0.571. The van der Waals surface area contributed by atoms with Crippen molar-refractivity contribution in [2.45, 2.75) is 43.0 Å². The highest BCUT2D eigenvalue weighted by Gasteiger charge is 2.30. The zero-order chi connectivity index (χ0) is 16.3. The van der Waals surface area contributed by atoms with E-state index in [1.165, 1.54) is 0 Å². The molecule has 1 aromatic carbocycles. The van der Waals surface area contributed by atoms with Gasteiger partial charge >= 0.3 is 0 Å². The van der Waals surface area contributed by atoms with Crippen LogP contribution < -0.4 is 10.5 Å². The molecule has 0 bridgehead atoms. The quantitative estimate of drug-likeness (QED) is 0.811. The molecule has 1 aliphatic carbocycles. The average Bonchev–Trinajstić information content (AvgIpc) is 2.51. The van der Waals surface area contributed by atoms with Crippen molar-refractivity contribution in [3.05, 3.63) is 29.6 Å². The monoisotopic (exact) mass is 336 g/mol. The summed E-state index contributed by atoms with van der Waals surface area (Å²) < 4.78 is 66.6. The van der Waals surface area contributed by atoms with E-state index >= 15 is 0 Å². The number of halogens is 3. The molecule has 1 aliphatic rings. The van der Waals surface area contributed by atoms with Crippen LogP contribution >= 0.6 is 0 Å². The molecule has 0 heterocycles. The number of hydrogen-bond donors (Lipinski definition) is 2. The van der Waals surface area contributed by atoms with Crippen LogP contribution in [-0.2, 0) is 10.0 Å². The maximum absolute atomic E-state index is 13.7. The lowest BCUT2D eigenvalue weighted by atomic mass is 9.84. The molecule has 4 nitrogen and oxygen atoms in total. The van der Waals surface area contributed by atoms with Gasteiger partial charge in [-0.3, -0.25) is 0 Å². The van der Waals surface area contributed by atoms with Gasteiger partial charge in [-0.25, -0.2) is 26.3 Å². The fourth-order valence-corrected chi connectivity index (χ4v) is 4.24. The zero-order valence-electron chi connectivity index (χ0n) is 12.0. The van der Waals surface area contributed by atoms with E-state index in [1.807, 2.05) is 0 Å². The van der Waals surface area contributed by atoms with Crippen molar-refractivity contribution in [1.82, 2.24) is 4.72 Å². The van der Waals surface area contributed by atoms with Gasteiger partial charge in [0.15, 0.2) is 17.5 Å². The predicted molar refractivity (Wildman–Crippen MR) is 76.1 cm³/mol. The average molecular weight is 336 g/mol. The van der Waals surface area contributed by atoms with Crippen LogP contribution in [0, 0.1) is 23.4 Å². The Labute approximate surface area is 127 Å². The van der Waals surface area contributed by atoms with E-state index in [0.717, 1.165) is 32.1 Å². The van der Waals surface area contributed by atoms with Gasteiger partial charge in [-0.15, -0.1) is 0 Å². The van der Waals surface area contributed by atoms with Crippen LogP contribution in [-0.4, -0.2) is 21.0 Å². The molecule has 0 saturated heterocycles. The molecule has 0 amide bonds. The second-order valence-electron chi connectivity index (χ2n) is 5.54. The molecule has 1 fully saturated rings. The third-order valence-electron chi connectivity index (χ3n) is 4.07. The van der Waals surface area contributed by atoms with Gasteiger partial charge in [0, 0.05) is 12.6 Å². The van der Waals surface area contributed by atoms with E-state index in [-0.39, 0.29) is 12.5 Å². The number of nitrogens with one attached hydrogen (secondary N) is 1. The normalized spacial score (nSPS) is 18.4. The van der Waals surface area contributed by atoms with E-state index in [1.54, 1.807) is 0 Å². The summed E-state index contributed by atoms with van der Waals surface area (Å²) in [5, 5.41) is 0. The molecule has 1 atom stereocenters. The molecule has 1 aromatic rings. The summed E-state index contributed by atoms with van der Waals surface area (Å²) in [5.41, 5.74) is 5.63. The van der Waals surface area contributed by atoms with E-state index in [9.17, 15) is 21.6 Å². The molecule has 3 N–H and O–H groups in total. The lowest BCUT2D eigenvalue weighted by molar-refractivity contribution is 0.294. The Morgan fingerprint density at radius 3 is 2.36 bits per heavy atom. The van der Waals surface area contributed by atoms with Gasteiger partial charge in [-0.1, -0.05) is 19.3 Å². The maximum Gasteiger partial charge on any atom is 0.243 e. The Bertz CT molecular complexity index is 631. The van der Waals surface area contributed by atoms with Gasteiger partial charge < -0.3 is 5.73 Å². The second-order valence-corrected chi connectivity index (χ2v) is 7.22. The highest BCUT2D eigenvalue weighted by molar-refractivity contribution is 7.89. The summed E-state index contributed by atoms with van der Waals surface area (Å²) in [4.78, 5) is -0.902. The standard InChI is InChI=1S/C14H19F3N2O2S/c15-10-6-7-12(14(17)13(10)16)22(20,21)19-11(8-18)9-4-2-1-3-5-9/h6-7,9,11,19H,1-5,8,18H2. The first-order chi connectivity index (χ1) is 10.4. The van der Waals surface area contributed by atoms with Crippen molar-refractivity contribution >= 4 is 10.0 Å². The van der Waals surface area contributed by atoms with Gasteiger partial charge in [-0.05, 0) is 30.9 Å². The summed E-state index contributed by atoms with van der Waals surface area (Å²) >= 11 is 0. The van der Waals surface area contributed by atoms with Crippen LogP contribution in [0.4, 0.5) is 13.2 Å². The smallest absolute Gasteiger partial charge is 0.243 e. The number of sulfonamides is 1. The molecule has 1 unspecified atom stereocenters. The molecule has 1 saturated carbocycles. The first-order valence-corrected chi connectivity index (χ1v) is 8.71. The van der Waals surface area contributed by atoms with Crippen LogP contribution in [0.2, 0.25) is 0 Å². The number of benzene rings is 1. The Morgan fingerprint density at radius 2 is 1.77 bits per heavy atom. The van der Waals surface area contributed by atoms with Crippen LogP contribution in [0.3, 0.4) is 0 Å². The van der Waals surface area contributed by atoms with Crippen molar-refractivity contribution in [3.63, 3.8) is 0 Å². The van der Waals surface area contributed by atoms with Gasteiger partial charge in [-0.2, -0.15) is 0 Å². The molecule has 0 radical (unpaired) electrons. The van der Waals surface area contributed by atoms with Gasteiger partial charge in [0.05, 0.1) is 0 Å². The minimum atomic E-state index is -4.30. The molecular formula is C14H19F3N2O2S.